The van der Waals surface area contributed by atoms with Crippen molar-refractivity contribution in [1.82, 2.24) is 10.2 Å². The molecule has 0 radical (unpaired) electrons. The van der Waals surface area contributed by atoms with Crippen molar-refractivity contribution in [2.75, 3.05) is 11.5 Å². The summed E-state index contributed by atoms with van der Waals surface area (Å²) >= 11 is 1.20. The van der Waals surface area contributed by atoms with Gasteiger partial charge in [0.15, 0.2) is 0 Å². The van der Waals surface area contributed by atoms with Gasteiger partial charge in [-0.3, -0.25) is 14.5 Å². The zero-order valence-electron chi connectivity index (χ0n) is 21.5. The van der Waals surface area contributed by atoms with Crippen LogP contribution in [-0.2, 0) is 16.2 Å². The van der Waals surface area contributed by atoms with Crippen LogP contribution in [0.1, 0.15) is 41.1 Å². The molecule has 1 atom stereocenters. The number of ketones is 1. The fourth-order valence-electron chi connectivity index (χ4n) is 4.33. The average Bonchev–Trinajstić information content (AvgIpc) is 3.51. The predicted octanol–water partition coefficient (Wildman–Crippen LogP) is 5.84. The van der Waals surface area contributed by atoms with Crippen LogP contribution in [-0.4, -0.2) is 33.6 Å². The van der Waals surface area contributed by atoms with Gasteiger partial charge in [-0.15, -0.1) is 10.2 Å². The molecule has 39 heavy (non-hydrogen) atoms. The number of aliphatic hydroxyl groups is 1. The number of amides is 1. The number of nitrogens with zero attached hydrogens (tertiary/aromatic N) is 3. The molecule has 1 saturated heterocycles. The second-order valence-electron chi connectivity index (χ2n) is 8.99. The summed E-state index contributed by atoms with van der Waals surface area (Å²) in [5.74, 6) is -0.644. The lowest BCUT2D eigenvalue weighted by Crippen LogP contribution is -2.29. The third kappa shape index (κ3) is 5.53. The second kappa shape index (κ2) is 11.5. The highest BCUT2D eigenvalue weighted by atomic mass is 32.1. The van der Waals surface area contributed by atoms with Crippen LogP contribution in [0.25, 0.3) is 5.76 Å². The van der Waals surface area contributed by atoms with Crippen molar-refractivity contribution >= 4 is 33.9 Å². The standard InChI is InChI=1S/C30H27N3O5S/c1-3-16-37-23-14-12-21(13-15-23)27(34)25-26(33(29(36)28(25)35)30-32-31-19(2)39-30)22-10-7-11-24(17-22)38-18-20-8-5-4-6-9-20/h4-15,17,26,34H,3,16,18H2,1-2H3. The number of aryl methyl sites for hydroxylation is 1. The summed E-state index contributed by atoms with van der Waals surface area (Å²) in [5.41, 5.74) is 1.96. The Bertz CT molecular complexity index is 1520. The molecule has 0 saturated carbocycles. The van der Waals surface area contributed by atoms with Gasteiger partial charge in [0.2, 0.25) is 5.13 Å². The van der Waals surface area contributed by atoms with E-state index in [2.05, 4.69) is 10.2 Å². The van der Waals surface area contributed by atoms with Gasteiger partial charge in [-0.1, -0.05) is 60.7 Å². The molecule has 5 rings (SSSR count). The van der Waals surface area contributed by atoms with E-state index < -0.39 is 17.7 Å². The van der Waals surface area contributed by atoms with Crippen molar-refractivity contribution in [2.45, 2.75) is 32.9 Å². The zero-order chi connectivity index (χ0) is 27.4. The Kier molecular flexibility index (Phi) is 7.69. The van der Waals surface area contributed by atoms with Gasteiger partial charge in [0.1, 0.15) is 28.9 Å². The number of aromatic nitrogens is 2. The van der Waals surface area contributed by atoms with E-state index in [0.29, 0.717) is 40.8 Å². The van der Waals surface area contributed by atoms with Crippen LogP contribution >= 0.6 is 11.3 Å². The lowest BCUT2D eigenvalue weighted by molar-refractivity contribution is -0.132. The number of rotatable bonds is 9. The maximum Gasteiger partial charge on any atom is 0.301 e. The number of aliphatic hydroxyl groups excluding tert-OH is 1. The lowest BCUT2D eigenvalue weighted by Gasteiger charge is -2.23. The third-order valence-corrected chi connectivity index (χ3v) is 7.03. The van der Waals surface area contributed by atoms with Crippen molar-refractivity contribution in [1.29, 1.82) is 0 Å². The quantitative estimate of drug-likeness (QED) is 0.161. The molecule has 0 bridgehead atoms. The van der Waals surface area contributed by atoms with E-state index in [0.717, 1.165) is 12.0 Å². The van der Waals surface area contributed by atoms with Crippen molar-refractivity contribution < 1.29 is 24.2 Å². The van der Waals surface area contributed by atoms with Gasteiger partial charge in [0.05, 0.1) is 18.2 Å². The normalized spacial score (nSPS) is 16.5. The van der Waals surface area contributed by atoms with Gasteiger partial charge < -0.3 is 14.6 Å². The Hall–Kier alpha value is -4.50. The number of carbonyl (C=O) groups excluding carboxylic acids is 2. The number of hydrogen-bond acceptors (Lipinski definition) is 8. The first kappa shape index (κ1) is 26.1. The summed E-state index contributed by atoms with van der Waals surface area (Å²) < 4.78 is 11.6. The minimum atomic E-state index is -0.923. The average molecular weight is 542 g/mol. The van der Waals surface area contributed by atoms with E-state index in [4.69, 9.17) is 9.47 Å². The summed E-state index contributed by atoms with van der Waals surface area (Å²) in [6.45, 7) is 4.71. The number of Topliss-reactive ketones (excluding diaryl/α,β-unsaturated/α-hetero) is 1. The molecular formula is C30H27N3O5S. The topological polar surface area (TPSA) is 102 Å². The van der Waals surface area contributed by atoms with Crippen LogP contribution in [0, 0.1) is 6.92 Å². The van der Waals surface area contributed by atoms with E-state index in [1.165, 1.54) is 16.2 Å². The molecule has 2 heterocycles. The number of anilines is 1. The molecule has 8 nitrogen and oxygen atoms in total. The fraction of sp³-hybridized carbons (Fsp3) is 0.200. The number of hydrogen-bond donors (Lipinski definition) is 1. The Labute approximate surface area is 230 Å². The highest BCUT2D eigenvalue weighted by Crippen LogP contribution is 2.43. The van der Waals surface area contributed by atoms with Crippen molar-refractivity contribution in [3.8, 4) is 11.5 Å². The molecule has 3 aromatic carbocycles. The highest BCUT2D eigenvalue weighted by molar-refractivity contribution is 7.15. The first-order chi connectivity index (χ1) is 19.0. The predicted molar refractivity (Wildman–Crippen MR) is 149 cm³/mol. The van der Waals surface area contributed by atoms with Gasteiger partial charge in [0, 0.05) is 5.56 Å². The summed E-state index contributed by atoms with van der Waals surface area (Å²) in [7, 11) is 0. The smallest absolute Gasteiger partial charge is 0.301 e. The van der Waals surface area contributed by atoms with Crippen molar-refractivity contribution in [3.05, 3.63) is 106 Å². The Morgan fingerprint density at radius 3 is 2.41 bits per heavy atom. The van der Waals surface area contributed by atoms with Crippen LogP contribution in [0.15, 0.2) is 84.4 Å². The van der Waals surface area contributed by atoms with E-state index in [-0.39, 0.29) is 16.5 Å². The van der Waals surface area contributed by atoms with Gasteiger partial charge in [0.25, 0.3) is 5.78 Å². The monoisotopic (exact) mass is 541 g/mol. The Balaban J connectivity index is 1.55. The molecule has 0 aliphatic carbocycles. The number of ether oxygens (including phenoxy) is 2. The molecular weight excluding hydrogens is 514 g/mol. The van der Waals surface area contributed by atoms with Crippen LogP contribution < -0.4 is 14.4 Å². The molecule has 0 spiro atoms. The molecule has 4 aromatic rings. The Morgan fingerprint density at radius 1 is 0.949 bits per heavy atom. The number of carbonyl (C=O) groups is 2. The summed E-state index contributed by atoms with van der Waals surface area (Å²) in [5, 5.41) is 20.5. The molecule has 1 fully saturated rings. The highest BCUT2D eigenvalue weighted by Gasteiger charge is 2.48. The van der Waals surface area contributed by atoms with Gasteiger partial charge in [-0.2, -0.15) is 0 Å². The minimum absolute atomic E-state index is 0.0321. The molecule has 198 valence electrons. The van der Waals surface area contributed by atoms with Crippen LogP contribution in [0.4, 0.5) is 5.13 Å². The molecule has 1 unspecified atom stereocenters. The molecule has 9 heteroatoms. The molecule has 1 amide bonds. The van der Waals surface area contributed by atoms with Crippen LogP contribution in [0.2, 0.25) is 0 Å². The zero-order valence-corrected chi connectivity index (χ0v) is 22.4. The van der Waals surface area contributed by atoms with Crippen molar-refractivity contribution in [2.24, 2.45) is 0 Å². The van der Waals surface area contributed by atoms with E-state index >= 15 is 0 Å². The van der Waals surface area contributed by atoms with E-state index in [9.17, 15) is 14.7 Å². The maximum absolute atomic E-state index is 13.4. The first-order valence-electron chi connectivity index (χ1n) is 12.6. The summed E-state index contributed by atoms with van der Waals surface area (Å²) in [6, 6.07) is 22.8. The first-order valence-corrected chi connectivity index (χ1v) is 13.4. The summed E-state index contributed by atoms with van der Waals surface area (Å²) in [6.07, 6.45) is 0.865. The van der Waals surface area contributed by atoms with Crippen molar-refractivity contribution in [3.63, 3.8) is 0 Å². The Morgan fingerprint density at radius 2 is 1.72 bits per heavy atom. The van der Waals surface area contributed by atoms with Gasteiger partial charge >= 0.3 is 5.91 Å². The molecule has 1 aliphatic heterocycles. The molecule has 1 N–H and O–H groups in total. The lowest BCUT2D eigenvalue weighted by atomic mass is 9.95. The summed E-state index contributed by atoms with van der Waals surface area (Å²) in [4.78, 5) is 28.0. The van der Waals surface area contributed by atoms with E-state index in [1.54, 1.807) is 49.4 Å². The molecule has 1 aromatic heterocycles. The van der Waals surface area contributed by atoms with Gasteiger partial charge in [-0.05, 0) is 60.9 Å². The van der Waals surface area contributed by atoms with Crippen LogP contribution in [0.5, 0.6) is 11.5 Å². The third-order valence-electron chi connectivity index (χ3n) is 6.19. The van der Waals surface area contributed by atoms with Gasteiger partial charge in [-0.25, -0.2) is 0 Å². The van der Waals surface area contributed by atoms with E-state index in [1.807, 2.05) is 43.3 Å². The second-order valence-corrected chi connectivity index (χ2v) is 10.2. The largest absolute Gasteiger partial charge is 0.507 e. The fourth-order valence-corrected chi connectivity index (χ4v) is 5.04. The maximum atomic E-state index is 13.4. The number of benzene rings is 3. The SMILES string of the molecule is CCCOc1ccc(C(O)=C2C(=O)C(=O)N(c3nnc(C)s3)C2c2cccc(OCc3ccccc3)c2)cc1. The molecule has 1 aliphatic rings. The van der Waals surface area contributed by atoms with Crippen LogP contribution in [0.3, 0.4) is 0 Å². The minimum Gasteiger partial charge on any atom is -0.507 e.